The van der Waals surface area contributed by atoms with E-state index in [0.717, 1.165) is 29.9 Å². The van der Waals surface area contributed by atoms with Gasteiger partial charge >= 0.3 is 0 Å². The van der Waals surface area contributed by atoms with E-state index >= 15 is 0 Å². The van der Waals surface area contributed by atoms with Gasteiger partial charge in [0.2, 0.25) is 0 Å². The molecule has 5 heteroatoms. The fraction of sp³-hybridized carbons (Fsp3) is 0.350. The van der Waals surface area contributed by atoms with Crippen molar-refractivity contribution >= 4 is 5.91 Å². The van der Waals surface area contributed by atoms with Crippen molar-refractivity contribution in [2.24, 2.45) is 0 Å². The van der Waals surface area contributed by atoms with Crippen LogP contribution in [-0.2, 0) is 6.61 Å². The molecule has 0 bridgehead atoms. The van der Waals surface area contributed by atoms with Gasteiger partial charge < -0.3 is 19.5 Å². The predicted octanol–water partition coefficient (Wildman–Crippen LogP) is 3.81. The molecule has 5 nitrogen and oxygen atoms in total. The SMILES string of the molecule is CCCCNC(=O)c1ccc(OC)c(COc2ccc(OC)cc2)c1. The topological polar surface area (TPSA) is 56.8 Å². The van der Waals surface area contributed by atoms with Crippen molar-refractivity contribution in [2.45, 2.75) is 26.4 Å². The van der Waals surface area contributed by atoms with Crippen LogP contribution in [0.3, 0.4) is 0 Å². The quantitative estimate of drug-likeness (QED) is 0.704. The molecule has 0 atom stereocenters. The number of amides is 1. The van der Waals surface area contributed by atoms with Crippen LogP contribution < -0.4 is 19.5 Å². The van der Waals surface area contributed by atoms with Gasteiger partial charge in [-0.05, 0) is 48.9 Å². The van der Waals surface area contributed by atoms with Gasteiger partial charge in [-0.3, -0.25) is 4.79 Å². The number of ether oxygens (including phenoxy) is 3. The van der Waals surface area contributed by atoms with Crippen LogP contribution in [0.4, 0.5) is 0 Å². The van der Waals surface area contributed by atoms with Gasteiger partial charge in [0.05, 0.1) is 14.2 Å². The molecule has 0 aromatic heterocycles. The Morgan fingerprint density at radius 2 is 1.72 bits per heavy atom. The molecule has 1 amide bonds. The van der Waals surface area contributed by atoms with Gasteiger partial charge in [0.15, 0.2) is 0 Å². The Morgan fingerprint density at radius 1 is 1.00 bits per heavy atom. The summed E-state index contributed by atoms with van der Waals surface area (Å²) < 4.78 is 16.3. The average Bonchev–Trinajstić information content (AvgIpc) is 2.66. The molecule has 134 valence electrons. The van der Waals surface area contributed by atoms with Crippen molar-refractivity contribution in [1.82, 2.24) is 5.32 Å². The summed E-state index contributed by atoms with van der Waals surface area (Å²) in [6, 6.07) is 12.7. The molecule has 2 aromatic carbocycles. The van der Waals surface area contributed by atoms with Gasteiger partial charge in [0.1, 0.15) is 23.9 Å². The standard InChI is InChI=1S/C20H25NO4/c1-4-5-12-21-20(22)15-6-11-19(24-3)16(13-15)14-25-18-9-7-17(23-2)8-10-18/h6-11,13H,4-5,12,14H2,1-3H3,(H,21,22). The Labute approximate surface area is 148 Å². The Kier molecular flexibility index (Phi) is 7.14. The lowest BCUT2D eigenvalue weighted by molar-refractivity contribution is 0.0953. The lowest BCUT2D eigenvalue weighted by Crippen LogP contribution is -2.24. The molecule has 2 aromatic rings. The molecule has 25 heavy (non-hydrogen) atoms. The van der Waals surface area contributed by atoms with Crippen LogP contribution in [-0.4, -0.2) is 26.7 Å². The van der Waals surface area contributed by atoms with Gasteiger partial charge in [0.25, 0.3) is 5.91 Å². The highest BCUT2D eigenvalue weighted by molar-refractivity contribution is 5.94. The van der Waals surface area contributed by atoms with Gasteiger partial charge in [0, 0.05) is 17.7 Å². The highest BCUT2D eigenvalue weighted by Gasteiger charge is 2.11. The lowest BCUT2D eigenvalue weighted by Gasteiger charge is -2.12. The number of carbonyl (C=O) groups excluding carboxylic acids is 1. The normalized spacial score (nSPS) is 10.2. The number of benzene rings is 2. The van der Waals surface area contributed by atoms with Crippen LogP contribution in [0.25, 0.3) is 0 Å². The number of unbranched alkanes of at least 4 members (excludes halogenated alkanes) is 1. The number of hydrogen-bond acceptors (Lipinski definition) is 4. The Morgan fingerprint density at radius 3 is 2.36 bits per heavy atom. The molecule has 1 N–H and O–H groups in total. The molecule has 0 radical (unpaired) electrons. The number of rotatable bonds is 9. The van der Waals surface area contributed by atoms with E-state index in [0.29, 0.717) is 24.5 Å². The van der Waals surface area contributed by atoms with E-state index in [4.69, 9.17) is 14.2 Å². The Bertz CT molecular complexity index is 683. The highest BCUT2D eigenvalue weighted by atomic mass is 16.5. The molecule has 0 unspecified atom stereocenters. The first-order chi connectivity index (χ1) is 12.2. The van der Waals surface area contributed by atoms with Crippen LogP contribution in [0.5, 0.6) is 17.2 Å². The van der Waals surface area contributed by atoms with E-state index in [1.54, 1.807) is 26.4 Å². The monoisotopic (exact) mass is 343 g/mol. The number of methoxy groups -OCH3 is 2. The second kappa shape index (κ2) is 9.57. The summed E-state index contributed by atoms with van der Waals surface area (Å²) in [5.74, 6) is 2.11. The summed E-state index contributed by atoms with van der Waals surface area (Å²) in [5.41, 5.74) is 1.42. The molecular weight excluding hydrogens is 318 g/mol. The van der Waals surface area contributed by atoms with E-state index in [1.165, 1.54) is 0 Å². The molecule has 0 saturated carbocycles. The van der Waals surface area contributed by atoms with Gasteiger partial charge in [-0.2, -0.15) is 0 Å². The van der Waals surface area contributed by atoms with Crippen molar-refractivity contribution in [2.75, 3.05) is 20.8 Å². The minimum absolute atomic E-state index is 0.0817. The zero-order valence-electron chi connectivity index (χ0n) is 15.0. The summed E-state index contributed by atoms with van der Waals surface area (Å²) in [5, 5.41) is 2.92. The first kappa shape index (κ1) is 18.6. The van der Waals surface area contributed by atoms with Gasteiger partial charge in [-0.25, -0.2) is 0 Å². The summed E-state index contributed by atoms with van der Waals surface area (Å²) in [4.78, 5) is 12.2. The van der Waals surface area contributed by atoms with Crippen molar-refractivity contribution in [3.8, 4) is 17.2 Å². The van der Waals surface area contributed by atoms with Crippen LogP contribution in [0.1, 0.15) is 35.7 Å². The van der Waals surface area contributed by atoms with Crippen LogP contribution >= 0.6 is 0 Å². The van der Waals surface area contributed by atoms with Crippen molar-refractivity contribution in [1.29, 1.82) is 0 Å². The highest BCUT2D eigenvalue weighted by Crippen LogP contribution is 2.23. The zero-order valence-corrected chi connectivity index (χ0v) is 15.0. The number of carbonyl (C=O) groups is 1. The summed E-state index contributed by atoms with van der Waals surface area (Å²) in [6.07, 6.45) is 2.01. The largest absolute Gasteiger partial charge is 0.497 e. The Balaban J connectivity index is 2.06. The summed E-state index contributed by atoms with van der Waals surface area (Å²) in [7, 11) is 3.23. The van der Waals surface area contributed by atoms with Crippen molar-refractivity contribution in [3.05, 3.63) is 53.6 Å². The third-order valence-corrected chi connectivity index (χ3v) is 3.81. The molecule has 0 fully saturated rings. The number of nitrogens with one attached hydrogen (secondary N) is 1. The number of hydrogen-bond donors (Lipinski definition) is 1. The maximum absolute atomic E-state index is 12.2. The maximum Gasteiger partial charge on any atom is 0.251 e. The molecule has 0 aliphatic carbocycles. The molecule has 0 heterocycles. The van der Waals surface area contributed by atoms with E-state index in [9.17, 15) is 4.79 Å². The Hall–Kier alpha value is -2.69. The van der Waals surface area contributed by atoms with Crippen LogP contribution in [0.15, 0.2) is 42.5 Å². The van der Waals surface area contributed by atoms with Crippen LogP contribution in [0, 0.1) is 0 Å². The minimum Gasteiger partial charge on any atom is -0.497 e. The second-order valence-corrected chi connectivity index (χ2v) is 5.60. The van der Waals surface area contributed by atoms with Crippen molar-refractivity contribution < 1.29 is 19.0 Å². The first-order valence-electron chi connectivity index (χ1n) is 8.40. The molecule has 2 rings (SSSR count). The third kappa shape index (κ3) is 5.41. The van der Waals surface area contributed by atoms with E-state index in [-0.39, 0.29) is 5.91 Å². The van der Waals surface area contributed by atoms with E-state index in [1.807, 2.05) is 30.3 Å². The maximum atomic E-state index is 12.2. The molecule has 0 spiro atoms. The van der Waals surface area contributed by atoms with E-state index in [2.05, 4.69) is 12.2 Å². The van der Waals surface area contributed by atoms with Gasteiger partial charge in [-0.1, -0.05) is 13.3 Å². The predicted molar refractivity (Wildman–Crippen MR) is 97.6 cm³/mol. The average molecular weight is 343 g/mol. The van der Waals surface area contributed by atoms with E-state index < -0.39 is 0 Å². The summed E-state index contributed by atoms with van der Waals surface area (Å²) in [6.45, 7) is 3.08. The smallest absolute Gasteiger partial charge is 0.251 e. The molecule has 0 saturated heterocycles. The zero-order chi connectivity index (χ0) is 18.1. The van der Waals surface area contributed by atoms with Crippen LogP contribution in [0.2, 0.25) is 0 Å². The fourth-order valence-corrected chi connectivity index (χ4v) is 2.35. The first-order valence-corrected chi connectivity index (χ1v) is 8.40. The lowest BCUT2D eigenvalue weighted by atomic mass is 10.1. The molecule has 0 aliphatic heterocycles. The second-order valence-electron chi connectivity index (χ2n) is 5.60. The molecular formula is C20H25NO4. The van der Waals surface area contributed by atoms with Crippen molar-refractivity contribution in [3.63, 3.8) is 0 Å². The fourth-order valence-electron chi connectivity index (χ4n) is 2.35. The third-order valence-electron chi connectivity index (χ3n) is 3.81. The van der Waals surface area contributed by atoms with Gasteiger partial charge in [-0.15, -0.1) is 0 Å². The molecule has 0 aliphatic rings. The summed E-state index contributed by atoms with van der Waals surface area (Å²) >= 11 is 0. The minimum atomic E-state index is -0.0817.